The van der Waals surface area contributed by atoms with Gasteiger partial charge in [-0.15, -0.1) is 9.52 Å². The van der Waals surface area contributed by atoms with Crippen molar-refractivity contribution >= 4 is 20.2 Å². The van der Waals surface area contributed by atoms with Crippen LogP contribution in [0, 0.1) is 0 Å². The number of hydrogen-bond donors (Lipinski definition) is 3. The number of guanidine groups is 1. The minimum Gasteiger partial charge on any atom is -0.480 e. The normalized spacial score (nSPS) is 22.6. The van der Waals surface area contributed by atoms with Crippen molar-refractivity contribution in [3.63, 3.8) is 0 Å². The Labute approximate surface area is 79.9 Å². The van der Waals surface area contributed by atoms with Crippen molar-refractivity contribution in [3.8, 4) is 0 Å². The third-order valence-electron chi connectivity index (χ3n) is 1.80. The second-order valence-electron chi connectivity index (χ2n) is 2.61. The topological polar surface area (TPSA) is 125 Å². The lowest BCUT2D eigenvalue weighted by molar-refractivity contribution is -0.145. The fourth-order valence-electron chi connectivity index (χ4n) is 1.05. The van der Waals surface area contributed by atoms with Gasteiger partial charge < -0.3 is 15.7 Å². The zero-order chi connectivity index (χ0) is 10.7. The van der Waals surface area contributed by atoms with Crippen molar-refractivity contribution in [1.29, 1.82) is 0 Å². The summed E-state index contributed by atoms with van der Waals surface area (Å²) < 4.78 is 14.1. The van der Waals surface area contributed by atoms with Crippen molar-refractivity contribution < 1.29 is 24.0 Å². The molecule has 0 amide bonds. The molecule has 1 aliphatic heterocycles. The van der Waals surface area contributed by atoms with Crippen molar-refractivity contribution in [2.45, 2.75) is 12.5 Å². The fourth-order valence-corrected chi connectivity index (χ4v) is 1.20. The molecule has 2 atom stereocenters. The van der Waals surface area contributed by atoms with Crippen LogP contribution in [0.4, 0.5) is 0 Å². The maximum absolute atomic E-state index is 10.5. The van der Waals surface area contributed by atoms with E-state index in [-0.39, 0.29) is 5.96 Å². The van der Waals surface area contributed by atoms with Gasteiger partial charge in [0.25, 0.3) is 0 Å². The Morgan fingerprint density at radius 3 is 2.71 bits per heavy atom. The van der Waals surface area contributed by atoms with Crippen molar-refractivity contribution in [2.24, 2.45) is 10.9 Å². The van der Waals surface area contributed by atoms with Gasteiger partial charge >= 0.3 is 14.2 Å². The van der Waals surface area contributed by atoms with Crippen molar-refractivity contribution in [1.82, 2.24) is 4.90 Å². The predicted molar refractivity (Wildman–Crippen MR) is 45.3 cm³/mol. The number of carbonyl (C=O) groups is 1. The van der Waals surface area contributed by atoms with Gasteiger partial charge in [0, 0.05) is 16.3 Å². The van der Waals surface area contributed by atoms with E-state index in [1.54, 1.807) is 0 Å². The molecule has 0 spiro atoms. The lowest BCUT2D eigenvalue weighted by atomic mass is 10.0. The molecule has 2 unspecified atom stereocenters. The number of hydrogen-bond acceptors (Lipinski definition) is 4. The summed E-state index contributed by atoms with van der Waals surface area (Å²) in [7, 11) is -2.86. The molecule has 0 bridgehead atoms. The van der Waals surface area contributed by atoms with E-state index in [0.29, 0.717) is 13.0 Å². The van der Waals surface area contributed by atoms with Crippen LogP contribution < -0.4 is 5.73 Å². The van der Waals surface area contributed by atoms with Gasteiger partial charge in [0.1, 0.15) is 6.04 Å². The van der Waals surface area contributed by atoms with Gasteiger partial charge in [0.05, 0.1) is 0 Å². The molecule has 0 radical (unpaired) electrons. The second-order valence-corrected chi connectivity index (χ2v) is 3.24. The largest absolute Gasteiger partial charge is 0.770 e. The maximum Gasteiger partial charge on any atom is 0.770 e. The van der Waals surface area contributed by atoms with E-state index in [1.165, 1.54) is 4.90 Å². The van der Waals surface area contributed by atoms with Gasteiger partial charge in [-0.05, 0) is 6.42 Å². The molecule has 1 rings (SSSR count). The van der Waals surface area contributed by atoms with E-state index in [4.69, 9.17) is 15.7 Å². The van der Waals surface area contributed by atoms with Crippen LogP contribution in [0.15, 0.2) is 5.16 Å². The maximum atomic E-state index is 10.5. The third-order valence-corrected chi connectivity index (χ3v) is 2.02. The first kappa shape index (κ1) is 10.7. The molecular weight excluding hydrogens is 213 g/mol. The SMILES string of the molecule is NC(=NO[P+](=O)O)N1CCC1C(=O)O. The standard InChI is InChI=1S/C5H8N3O5P/c6-5(7-13-14(11)12)8-2-1-3(8)4(9)10/h3H,1-2H2,(H3-,6,7,9,10,11,12)/p+1. The summed E-state index contributed by atoms with van der Waals surface area (Å²) in [5.74, 6) is -1.22. The highest BCUT2D eigenvalue weighted by molar-refractivity contribution is 7.32. The quantitative estimate of drug-likeness (QED) is 0.243. The summed E-state index contributed by atoms with van der Waals surface area (Å²) in [6.07, 6.45) is 0.469. The van der Waals surface area contributed by atoms with E-state index >= 15 is 0 Å². The Morgan fingerprint density at radius 1 is 1.71 bits per heavy atom. The Bertz CT molecular complexity index is 293. The molecule has 14 heavy (non-hydrogen) atoms. The first-order valence-corrected chi connectivity index (χ1v) is 4.81. The van der Waals surface area contributed by atoms with Crippen LogP contribution in [-0.2, 0) is 14.0 Å². The molecule has 0 saturated carbocycles. The van der Waals surface area contributed by atoms with Gasteiger partial charge in [0.2, 0.25) is 5.96 Å². The van der Waals surface area contributed by atoms with E-state index in [1.807, 2.05) is 0 Å². The highest BCUT2D eigenvalue weighted by Crippen LogP contribution is 2.19. The fraction of sp³-hybridized carbons (Fsp3) is 0.600. The van der Waals surface area contributed by atoms with Crippen LogP contribution >= 0.6 is 8.25 Å². The number of carboxylic acid groups (broad SMARTS) is 1. The van der Waals surface area contributed by atoms with Crippen LogP contribution in [0.5, 0.6) is 0 Å². The first-order chi connectivity index (χ1) is 6.52. The summed E-state index contributed by atoms with van der Waals surface area (Å²) >= 11 is 0. The van der Waals surface area contributed by atoms with Crippen LogP contribution in [0.25, 0.3) is 0 Å². The van der Waals surface area contributed by atoms with E-state index in [0.717, 1.165) is 0 Å². The molecule has 0 aromatic carbocycles. The molecule has 8 nitrogen and oxygen atoms in total. The Hall–Kier alpha value is -1.40. The average Bonchev–Trinajstić information content (AvgIpc) is 1.97. The van der Waals surface area contributed by atoms with E-state index in [2.05, 4.69) is 9.78 Å². The molecule has 78 valence electrons. The number of likely N-dealkylation sites (tertiary alicyclic amines) is 1. The van der Waals surface area contributed by atoms with Crippen LogP contribution in [0.3, 0.4) is 0 Å². The molecule has 0 aromatic rings. The number of nitrogens with two attached hydrogens (primary N) is 1. The third kappa shape index (κ3) is 2.30. The number of nitrogens with zero attached hydrogens (tertiary/aromatic N) is 2. The molecule has 1 heterocycles. The zero-order valence-electron chi connectivity index (χ0n) is 7.03. The van der Waals surface area contributed by atoms with Gasteiger partial charge in [-0.3, -0.25) is 0 Å². The molecule has 1 saturated heterocycles. The molecule has 1 fully saturated rings. The smallest absolute Gasteiger partial charge is 0.480 e. The van der Waals surface area contributed by atoms with Crippen LogP contribution in [-0.4, -0.2) is 39.4 Å². The molecule has 0 aliphatic carbocycles. The molecule has 1 aliphatic rings. The van der Waals surface area contributed by atoms with Gasteiger partial charge in [-0.1, -0.05) is 0 Å². The Balaban J connectivity index is 2.53. The molecule has 0 aromatic heterocycles. The number of oxime groups is 1. The van der Waals surface area contributed by atoms with Crippen molar-refractivity contribution in [2.75, 3.05) is 6.54 Å². The van der Waals surface area contributed by atoms with Gasteiger partial charge in [0.15, 0.2) is 0 Å². The van der Waals surface area contributed by atoms with E-state index in [9.17, 15) is 9.36 Å². The predicted octanol–water partition coefficient (Wildman–Crippen LogP) is -0.959. The lowest BCUT2D eigenvalue weighted by Crippen LogP contribution is -2.57. The minimum absolute atomic E-state index is 0.207. The lowest BCUT2D eigenvalue weighted by Gasteiger charge is -2.37. The Morgan fingerprint density at radius 2 is 2.36 bits per heavy atom. The Kier molecular flexibility index (Phi) is 3.21. The minimum atomic E-state index is -2.86. The number of carboxylic acids is 1. The summed E-state index contributed by atoms with van der Waals surface area (Å²) in [5.41, 5.74) is 5.30. The van der Waals surface area contributed by atoms with Crippen molar-refractivity contribution in [3.05, 3.63) is 0 Å². The average molecular weight is 222 g/mol. The second kappa shape index (κ2) is 4.21. The monoisotopic (exact) mass is 222 g/mol. The summed E-state index contributed by atoms with van der Waals surface area (Å²) in [4.78, 5) is 20.0. The summed E-state index contributed by atoms with van der Waals surface area (Å²) in [6.45, 7) is 0.442. The van der Waals surface area contributed by atoms with E-state index < -0.39 is 20.3 Å². The number of aliphatic carboxylic acids is 1. The summed E-state index contributed by atoms with van der Waals surface area (Å²) in [6, 6.07) is -0.723. The van der Waals surface area contributed by atoms with Crippen LogP contribution in [0.1, 0.15) is 6.42 Å². The highest BCUT2D eigenvalue weighted by atomic mass is 31.1. The van der Waals surface area contributed by atoms with Crippen LogP contribution in [0.2, 0.25) is 0 Å². The molecular formula is C5H9N3O5P+. The highest BCUT2D eigenvalue weighted by Gasteiger charge is 2.36. The number of rotatable bonds is 3. The zero-order valence-corrected chi connectivity index (χ0v) is 7.92. The van der Waals surface area contributed by atoms with Gasteiger partial charge in [-0.25, -0.2) is 4.79 Å². The summed E-state index contributed by atoms with van der Waals surface area (Å²) in [5, 5.41) is 11.7. The van der Waals surface area contributed by atoms with Gasteiger partial charge in [-0.2, -0.15) is 0 Å². The molecule has 9 heteroatoms. The molecule has 4 N–H and O–H groups in total. The first-order valence-electron chi connectivity index (χ1n) is 3.68.